The van der Waals surface area contributed by atoms with Gasteiger partial charge in [0, 0.05) is 19.5 Å². The first kappa shape index (κ1) is 26.4. The van der Waals surface area contributed by atoms with Gasteiger partial charge in [-0.2, -0.15) is 12.7 Å². The largest absolute Gasteiger partial charge is 0.379 e. The molecular formula is C21H30ClN3O6S. The molecule has 1 heterocycles. The Kier molecular flexibility index (Phi) is 9.78. The fourth-order valence-corrected chi connectivity index (χ4v) is 5.32. The lowest BCUT2D eigenvalue weighted by Crippen LogP contribution is -2.60. The van der Waals surface area contributed by atoms with Crippen LogP contribution in [-0.4, -0.2) is 78.8 Å². The van der Waals surface area contributed by atoms with Crippen molar-refractivity contribution in [1.82, 2.24) is 8.61 Å². The van der Waals surface area contributed by atoms with Gasteiger partial charge in [0.2, 0.25) is 11.6 Å². The zero-order valence-corrected chi connectivity index (χ0v) is 19.8. The van der Waals surface area contributed by atoms with Crippen molar-refractivity contribution in [3.63, 3.8) is 0 Å². The number of Topliss-reactive ketones (excluding diaryl/α,β-unsaturated/α-hetero) is 2. The van der Waals surface area contributed by atoms with Crippen LogP contribution < -0.4 is 5.73 Å². The number of hydrogen-bond donors (Lipinski definition) is 1. The molecule has 9 nitrogen and oxygen atoms in total. The number of amides is 1. The summed E-state index contributed by atoms with van der Waals surface area (Å²) in [4.78, 5) is 38.6. The number of benzene rings is 1. The Morgan fingerprint density at radius 3 is 2.28 bits per heavy atom. The number of halogens is 1. The fourth-order valence-electron chi connectivity index (χ4n) is 3.47. The number of nitrogens with two attached hydrogens (primary N) is 1. The maximum absolute atomic E-state index is 13.6. The topological polar surface area (TPSA) is 127 Å². The van der Waals surface area contributed by atoms with E-state index in [9.17, 15) is 22.8 Å². The van der Waals surface area contributed by atoms with Crippen molar-refractivity contribution in [2.24, 2.45) is 11.7 Å². The molecule has 0 aromatic heterocycles. The quantitative estimate of drug-likeness (QED) is 0.360. The normalized spacial score (nSPS) is 17.0. The lowest BCUT2D eigenvalue weighted by Gasteiger charge is -2.37. The van der Waals surface area contributed by atoms with E-state index in [4.69, 9.17) is 22.1 Å². The minimum Gasteiger partial charge on any atom is -0.379 e. The summed E-state index contributed by atoms with van der Waals surface area (Å²) in [7, 11) is -4.47. The SMILES string of the molecule is CC(C)C[C@H](N)C(=O)N([C@@H](Cc1ccccc1)C(=O)C(=O)CCl)S(=O)(=O)N1CCOCC1. The average Bonchev–Trinajstić information content (AvgIpc) is 2.78. The molecule has 1 aliphatic rings. The third kappa shape index (κ3) is 6.58. The van der Waals surface area contributed by atoms with Crippen LogP contribution >= 0.6 is 11.6 Å². The molecule has 32 heavy (non-hydrogen) atoms. The second kappa shape index (κ2) is 11.9. The fraction of sp³-hybridized carbons (Fsp3) is 0.571. The van der Waals surface area contributed by atoms with Crippen molar-refractivity contribution in [3.8, 4) is 0 Å². The van der Waals surface area contributed by atoms with Crippen LogP contribution in [0.1, 0.15) is 25.8 Å². The number of ketones is 2. The second-order valence-corrected chi connectivity index (χ2v) is 10.1. The molecule has 0 bridgehead atoms. The summed E-state index contributed by atoms with van der Waals surface area (Å²) in [5, 5.41) is 0. The van der Waals surface area contributed by atoms with E-state index in [1.165, 1.54) is 0 Å². The first-order valence-electron chi connectivity index (χ1n) is 10.4. The Balaban J connectivity index is 2.57. The van der Waals surface area contributed by atoms with Crippen LogP contribution in [0.5, 0.6) is 0 Å². The minimum atomic E-state index is -4.47. The number of ether oxygens (including phenoxy) is 1. The van der Waals surface area contributed by atoms with Crippen LogP contribution in [0.2, 0.25) is 0 Å². The van der Waals surface area contributed by atoms with E-state index >= 15 is 0 Å². The van der Waals surface area contributed by atoms with Crippen molar-refractivity contribution in [2.45, 2.75) is 38.8 Å². The standard InChI is InChI=1S/C21H30ClN3O6S/c1-15(2)12-17(23)21(28)25(32(29,30)24-8-10-31-11-9-24)18(20(27)19(26)14-22)13-16-6-4-3-5-7-16/h3-7,15,17-18H,8-14,23H2,1-2H3/t17-,18-/m0/s1. The Morgan fingerprint density at radius 2 is 1.75 bits per heavy atom. The first-order valence-corrected chi connectivity index (χ1v) is 12.4. The summed E-state index contributed by atoms with van der Waals surface area (Å²) in [5.74, 6) is -3.57. The van der Waals surface area contributed by atoms with Crippen LogP contribution in [0.4, 0.5) is 0 Å². The van der Waals surface area contributed by atoms with Gasteiger partial charge in [-0.1, -0.05) is 44.2 Å². The lowest BCUT2D eigenvalue weighted by atomic mass is 9.98. The smallest absolute Gasteiger partial charge is 0.307 e. The van der Waals surface area contributed by atoms with Crippen molar-refractivity contribution in [1.29, 1.82) is 0 Å². The maximum atomic E-state index is 13.6. The highest BCUT2D eigenvalue weighted by molar-refractivity contribution is 7.87. The Hall–Kier alpha value is -1.85. The van der Waals surface area contributed by atoms with Crippen LogP contribution in [0.25, 0.3) is 0 Å². The first-order chi connectivity index (χ1) is 15.1. The summed E-state index contributed by atoms with van der Waals surface area (Å²) < 4.78 is 34.0. The Morgan fingerprint density at radius 1 is 1.16 bits per heavy atom. The number of nitrogens with zero attached hydrogens (tertiary/aromatic N) is 2. The van der Waals surface area contributed by atoms with Gasteiger partial charge in [0.25, 0.3) is 5.91 Å². The van der Waals surface area contributed by atoms with Gasteiger partial charge in [0.1, 0.15) is 6.04 Å². The molecule has 1 aromatic carbocycles. The van der Waals surface area contributed by atoms with E-state index in [0.29, 0.717) is 9.87 Å². The van der Waals surface area contributed by atoms with Gasteiger partial charge in [0.05, 0.1) is 25.1 Å². The molecule has 0 spiro atoms. The van der Waals surface area contributed by atoms with Gasteiger partial charge in [-0.3, -0.25) is 14.4 Å². The number of carbonyl (C=O) groups is 3. The number of alkyl halides is 1. The number of rotatable bonds is 11. The minimum absolute atomic E-state index is 0.00893. The van der Waals surface area contributed by atoms with E-state index in [1.807, 2.05) is 13.8 Å². The van der Waals surface area contributed by atoms with Gasteiger partial charge in [0.15, 0.2) is 0 Å². The van der Waals surface area contributed by atoms with Crippen LogP contribution in [0.3, 0.4) is 0 Å². The van der Waals surface area contributed by atoms with E-state index in [2.05, 4.69) is 0 Å². The molecule has 2 atom stereocenters. The molecule has 1 saturated heterocycles. The van der Waals surface area contributed by atoms with E-state index in [0.717, 1.165) is 4.31 Å². The number of morpholine rings is 1. The predicted molar refractivity (Wildman–Crippen MR) is 120 cm³/mol. The van der Waals surface area contributed by atoms with Crippen molar-refractivity contribution in [3.05, 3.63) is 35.9 Å². The van der Waals surface area contributed by atoms with Crippen LogP contribution in [0, 0.1) is 5.92 Å². The highest BCUT2D eigenvalue weighted by atomic mass is 35.5. The average molecular weight is 488 g/mol. The molecule has 1 aromatic rings. The van der Waals surface area contributed by atoms with E-state index in [1.54, 1.807) is 30.3 Å². The molecule has 2 N–H and O–H groups in total. The van der Waals surface area contributed by atoms with E-state index < -0.39 is 45.6 Å². The third-order valence-electron chi connectivity index (χ3n) is 5.06. The van der Waals surface area contributed by atoms with Crippen LogP contribution in [-0.2, 0) is 35.8 Å². The zero-order chi connectivity index (χ0) is 23.9. The molecule has 1 aliphatic heterocycles. The third-order valence-corrected chi connectivity index (χ3v) is 7.25. The second-order valence-electron chi connectivity index (χ2n) is 8.02. The van der Waals surface area contributed by atoms with Gasteiger partial charge in [-0.25, -0.2) is 4.31 Å². The summed E-state index contributed by atoms with van der Waals surface area (Å²) in [6, 6.07) is 5.80. The number of carbonyl (C=O) groups excluding carboxylic acids is 3. The molecule has 1 amide bonds. The summed E-state index contributed by atoms with van der Waals surface area (Å²) >= 11 is 5.60. The molecule has 178 valence electrons. The van der Waals surface area contributed by atoms with E-state index in [-0.39, 0.29) is 45.1 Å². The van der Waals surface area contributed by atoms with Gasteiger partial charge >= 0.3 is 10.2 Å². The zero-order valence-electron chi connectivity index (χ0n) is 18.3. The maximum Gasteiger partial charge on any atom is 0.307 e. The highest BCUT2D eigenvalue weighted by Crippen LogP contribution is 2.22. The lowest BCUT2D eigenvalue weighted by molar-refractivity contribution is -0.141. The summed E-state index contributed by atoms with van der Waals surface area (Å²) in [6.07, 6.45) is 0.0374. The number of hydrogen-bond acceptors (Lipinski definition) is 7. The van der Waals surface area contributed by atoms with Crippen LogP contribution in [0.15, 0.2) is 30.3 Å². The highest BCUT2D eigenvalue weighted by Gasteiger charge is 2.45. The monoisotopic (exact) mass is 487 g/mol. The molecule has 2 rings (SSSR count). The Labute approximate surface area is 194 Å². The molecule has 1 fully saturated rings. The molecule has 0 saturated carbocycles. The molecule has 0 unspecified atom stereocenters. The molecule has 0 radical (unpaired) electrons. The molecule has 0 aliphatic carbocycles. The van der Waals surface area contributed by atoms with Crippen molar-refractivity contribution >= 4 is 39.3 Å². The predicted octanol–water partition coefficient (Wildman–Crippen LogP) is 0.754. The summed E-state index contributed by atoms with van der Waals surface area (Å²) in [6.45, 7) is 4.02. The molecular weight excluding hydrogens is 458 g/mol. The molecule has 11 heteroatoms. The van der Waals surface area contributed by atoms with Crippen molar-refractivity contribution < 1.29 is 27.5 Å². The van der Waals surface area contributed by atoms with Gasteiger partial charge in [-0.15, -0.1) is 11.6 Å². The van der Waals surface area contributed by atoms with Gasteiger partial charge in [-0.05, 0) is 17.9 Å². The van der Waals surface area contributed by atoms with Gasteiger partial charge < -0.3 is 10.5 Å². The van der Waals surface area contributed by atoms with Crippen molar-refractivity contribution in [2.75, 3.05) is 32.2 Å². The summed E-state index contributed by atoms with van der Waals surface area (Å²) in [5.41, 5.74) is 6.65. The Bertz CT molecular complexity index is 903.